The molecule has 4 rings (SSSR count). The number of aliphatic hydroxyl groups excluding tert-OH is 1. The molecular formula is C19H24FN5O. The maximum absolute atomic E-state index is 14.2. The van der Waals surface area contributed by atoms with E-state index < -0.39 is 0 Å². The van der Waals surface area contributed by atoms with Crippen LogP contribution < -0.4 is 10.2 Å². The highest BCUT2D eigenvalue weighted by molar-refractivity contribution is 5.45. The number of anilines is 2. The highest BCUT2D eigenvalue weighted by Crippen LogP contribution is 2.33. The summed E-state index contributed by atoms with van der Waals surface area (Å²) in [5.74, 6) is 0.773. The van der Waals surface area contributed by atoms with Gasteiger partial charge in [-0.15, -0.1) is 0 Å². The summed E-state index contributed by atoms with van der Waals surface area (Å²) in [5.41, 5.74) is 0.980. The Balaban J connectivity index is 1.52. The third kappa shape index (κ3) is 3.77. The fourth-order valence-corrected chi connectivity index (χ4v) is 3.78. The van der Waals surface area contributed by atoms with E-state index in [9.17, 15) is 9.50 Å². The van der Waals surface area contributed by atoms with E-state index in [1.54, 1.807) is 6.20 Å². The lowest BCUT2D eigenvalue weighted by Gasteiger charge is -2.38. The van der Waals surface area contributed by atoms with Crippen molar-refractivity contribution in [3.63, 3.8) is 0 Å². The van der Waals surface area contributed by atoms with E-state index >= 15 is 0 Å². The molecule has 2 aliphatic rings. The van der Waals surface area contributed by atoms with Crippen LogP contribution in [-0.4, -0.2) is 45.3 Å². The third-order valence-electron chi connectivity index (χ3n) is 5.32. The van der Waals surface area contributed by atoms with E-state index in [-0.39, 0.29) is 18.0 Å². The summed E-state index contributed by atoms with van der Waals surface area (Å²) in [6.45, 7) is 1.67. The van der Waals surface area contributed by atoms with Gasteiger partial charge in [0.1, 0.15) is 0 Å². The van der Waals surface area contributed by atoms with E-state index in [0.717, 1.165) is 50.9 Å². The molecule has 0 unspecified atom stereocenters. The molecule has 1 saturated heterocycles. The Labute approximate surface area is 152 Å². The summed E-state index contributed by atoms with van der Waals surface area (Å²) in [6.07, 6.45) is 7.15. The van der Waals surface area contributed by atoms with Crippen LogP contribution in [0.3, 0.4) is 0 Å². The van der Waals surface area contributed by atoms with Gasteiger partial charge >= 0.3 is 0 Å². The highest BCUT2D eigenvalue weighted by atomic mass is 19.1. The molecule has 0 aromatic carbocycles. The Hall–Kier alpha value is -2.28. The van der Waals surface area contributed by atoms with Gasteiger partial charge in [-0.3, -0.25) is 4.98 Å². The molecule has 3 heterocycles. The molecule has 0 radical (unpaired) electrons. The van der Waals surface area contributed by atoms with Crippen molar-refractivity contribution >= 4 is 11.8 Å². The van der Waals surface area contributed by atoms with Crippen molar-refractivity contribution in [3.05, 3.63) is 42.1 Å². The van der Waals surface area contributed by atoms with Crippen LogP contribution in [0.4, 0.5) is 16.2 Å². The van der Waals surface area contributed by atoms with Gasteiger partial charge in [0.05, 0.1) is 12.3 Å². The summed E-state index contributed by atoms with van der Waals surface area (Å²) in [6, 6.07) is 5.91. The molecule has 1 aliphatic carbocycles. The lowest BCUT2D eigenvalue weighted by atomic mass is 9.76. The molecule has 0 bridgehead atoms. The molecule has 0 spiro atoms. The first kappa shape index (κ1) is 17.1. The van der Waals surface area contributed by atoms with Crippen LogP contribution in [0.2, 0.25) is 0 Å². The van der Waals surface area contributed by atoms with Gasteiger partial charge in [0.25, 0.3) is 0 Å². The van der Waals surface area contributed by atoms with Crippen LogP contribution in [0.25, 0.3) is 0 Å². The second-order valence-electron chi connectivity index (χ2n) is 7.22. The predicted molar refractivity (Wildman–Crippen MR) is 97.5 cm³/mol. The van der Waals surface area contributed by atoms with Gasteiger partial charge in [0, 0.05) is 37.4 Å². The maximum Gasteiger partial charge on any atom is 0.225 e. The average molecular weight is 357 g/mol. The Morgan fingerprint density at radius 2 is 2.04 bits per heavy atom. The Morgan fingerprint density at radius 1 is 1.23 bits per heavy atom. The van der Waals surface area contributed by atoms with Crippen molar-refractivity contribution < 1.29 is 9.50 Å². The first-order valence-corrected chi connectivity index (χ1v) is 9.31. The van der Waals surface area contributed by atoms with Gasteiger partial charge in [0.2, 0.25) is 5.95 Å². The minimum Gasteiger partial charge on any atom is -0.393 e. The number of rotatable bonds is 6. The molecule has 2 fully saturated rings. The molecule has 6 nitrogen and oxygen atoms in total. The number of aromatic nitrogens is 3. The zero-order valence-electron chi connectivity index (χ0n) is 14.7. The van der Waals surface area contributed by atoms with E-state index in [1.807, 2.05) is 23.1 Å². The second kappa shape index (κ2) is 7.53. The van der Waals surface area contributed by atoms with Crippen LogP contribution in [0.15, 0.2) is 30.6 Å². The van der Waals surface area contributed by atoms with E-state index in [1.165, 1.54) is 6.20 Å². The monoisotopic (exact) mass is 357 g/mol. The average Bonchev–Trinajstić information content (AvgIpc) is 3.15. The summed E-state index contributed by atoms with van der Waals surface area (Å²) >= 11 is 0. The normalized spacial score (nSPS) is 23.5. The number of nitrogens with zero attached hydrogens (tertiary/aromatic N) is 4. The minimum absolute atomic E-state index is 0.0604. The van der Waals surface area contributed by atoms with Gasteiger partial charge in [-0.1, -0.05) is 6.07 Å². The largest absolute Gasteiger partial charge is 0.393 e. The molecule has 1 atom stereocenters. The third-order valence-corrected chi connectivity index (χ3v) is 5.32. The van der Waals surface area contributed by atoms with Crippen molar-refractivity contribution in [2.75, 3.05) is 23.3 Å². The molecule has 2 aromatic heterocycles. The standard InChI is InChI=1S/C19H24FN5O/c20-16-12-22-19(24-18(16)25-7-3-4-8-25)23-17(13-9-15(26)10-13)11-14-5-1-2-6-21-14/h1-2,5-6,12-13,15,17,26H,3-4,7-11H2,(H,22,23,24)/t13?,15?,17-/m1/s1. The summed E-state index contributed by atoms with van der Waals surface area (Å²) in [4.78, 5) is 15.0. The molecule has 2 aromatic rings. The fourth-order valence-electron chi connectivity index (χ4n) is 3.78. The topological polar surface area (TPSA) is 74.2 Å². The summed E-state index contributed by atoms with van der Waals surface area (Å²) < 4.78 is 14.2. The van der Waals surface area contributed by atoms with Gasteiger partial charge in [-0.05, 0) is 43.7 Å². The van der Waals surface area contributed by atoms with Crippen molar-refractivity contribution in [1.82, 2.24) is 15.0 Å². The number of nitrogens with one attached hydrogen (secondary N) is 1. The van der Waals surface area contributed by atoms with Crippen LogP contribution in [-0.2, 0) is 6.42 Å². The Kier molecular flexibility index (Phi) is 4.97. The van der Waals surface area contributed by atoms with Crippen molar-refractivity contribution in [3.8, 4) is 0 Å². The first-order valence-electron chi connectivity index (χ1n) is 9.31. The summed E-state index contributed by atoms with van der Waals surface area (Å²) in [7, 11) is 0. The Bertz CT molecular complexity index is 732. The lowest BCUT2D eigenvalue weighted by Crippen LogP contribution is -2.42. The molecule has 2 N–H and O–H groups in total. The molecule has 26 heavy (non-hydrogen) atoms. The first-order chi connectivity index (χ1) is 12.7. The van der Waals surface area contributed by atoms with Crippen LogP contribution in [0.5, 0.6) is 0 Å². The minimum atomic E-state index is -0.377. The maximum atomic E-state index is 14.2. The fraction of sp³-hybridized carbons (Fsp3) is 0.526. The van der Waals surface area contributed by atoms with E-state index in [0.29, 0.717) is 17.7 Å². The van der Waals surface area contributed by atoms with Gasteiger partial charge in [0.15, 0.2) is 11.6 Å². The highest BCUT2D eigenvalue weighted by Gasteiger charge is 2.34. The van der Waals surface area contributed by atoms with Crippen LogP contribution in [0.1, 0.15) is 31.4 Å². The molecule has 1 saturated carbocycles. The number of pyridine rings is 1. The van der Waals surface area contributed by atoms with E-state index in [2.05, 4.69) is 20.3 Å². The zero-order valence-corrected chi connectivity index (χ0v) is 14.7. The number of hydrogen-bond acceptors (Lipinski definition) is 6. The molecular weight excluding hydrogens is 333 g/mol. The van der Waals surface area contributed by atoms with Gasteiger partial charge in [-0.2, -0.15) is 4.98 Å². The number of hydrogen-bond donors (Lipinski definition) is 2. The van der Waals surface area contributed by atoms with Crippen molar-refractivity contribution in [2.24, 2.45) is 5.92 Å². The van der Waals surface area contributed by atoms with Gasteiger partial charge < -0.3 is 15.3 Å². The van der Waals surface area contributed by atoms with Crippen molar-refractivity contribution in [2.45, 2.75) is 44.2 Å². The SMILES string of the molecule is OC1CC([C@@H](Cc2ccccn2)Nc2ncc(F)c(N3CCCC3)n2)C1. The molecule has 7 heteroatoms. The van der Waals surface area contributed by atoms with Crippen LogP contribution in [0, 0.1) is 11.7 Å². The van der Waals surface area contributed by atoms with Gasteiger partial charge in [-0.25, -0.2) is 9.37 Å². The number of halogens is 1. The molecule has 1 aliphatic heterocycles. The van der Waals surface area contributed by atoms with Crippen molar-refractivity contribution in [1.29, 1.82) is 0 Å². The van der Waals surface area contributed by atoms with E-state index in [4.69, 9.17) is 0 Å². The quantitative estimate of drug-likeness (QED) is 0.827. The molecule has 138 valence electrons. The van der Waals surface area contributed by atoms with Crippen LogP contribution >= 0.6 is 0 Å². The smallest absolute Gasteiger partial charge is 0.225 e. The zero-order chi connectivity index (χ0) is 17.9. The Morgan fingerprint density at radius 3 is 2.73 bits per heavy atom. The second-order valence-corrected chi connectivity index (χ2v) is 7.22. The number of aliphatic hydroxyl groups is 1. The predicted octanol–water partition coefficient (Wildman–Crippen LogP) is 2.41. The summed E-state index contributed by atoms with van der Waals surface area (Å²) in [5, 5.41) is 13.1. The lowest BCUT2D eigenvalue weighted by molar-refractivity contribution is 0.0340. The molecule has 0 amide bonds.